The molecule has 0 amide bonds. The van der Waals surface area contributed by atoms with Gasteiger partial charge in [0.05, 0.1) is 26.2 Å². The summed E-state index contributed by atoms with van der Waals surface area (Å²) in [6, 6.07) is 16.9. The summed E-state index contributed by atoms with van der Waals surface area (Å²) in [5, 5.41) is 2.39. The molecule has 0 atom stereocenters. The molecule has 0 aliphatic carbocycles. The highest BCUT2D eigenvalue weighted by Gasteiger charge is 2.32. The van der Waals surface area contributed by atoms with E-state index in [1.807, 2.05) is 18.2 Å². The number of hydrogen-bond donors (Lipinski definition) is 1. The molecule has 4 nitrogen and oxygen atoms in total. The SMILES string of the molecule is O=S(=O)(c1cc(F)ccc1F)N1CC[NH+](Cc2cccc3ccccc23)CC1. The average molecular weight is 403 g/mol. The van der Waals surface area contributed by atoms with Crippen LogP contribution in [0.3, 0.4) is 0 Å². The van der Waals surface area contributed by atoms with Gasteiger partial charge in [0.1, 0.15) is 23.1 Å². The van der Waals surface area contributed by atoms with Gasteiger partial charge < -0.3 is 4.90 Å². The fraction of sp³-hybridized carbons (Fsp3) is 0.238. The number of quaternary nitrogens is 1. The zero-order chi connectivity index (χ0) is 19.7. The molecule has 4 rings (SSSR count). The zero-order valence-corrected chi connectivity index (χ0v) is 16.1. The number of rotatable bonds is 4. The molecule has 3 aromatic rings. The van der Waals surface area contributed by atoms with Gasteiger partial charge >= 0.3 is 0 Å². The fourth-order valence-corrected chi connectivity index (χ4v) is 5.27. The first-order valence-electron chi connectivity index (χ1n) is 9.20. The summed E-state index contributed by atoms with van der Waals surface area (Å²) < 4.78 is 54.0. The minimum absolute atomic E-state index is 0.276. The minimum Gasteiger partial charge on any atom is -0.329 e. The lowest BCUT2D eigenvalue weighted by molar-refractivity contribution is -0.917. The molecule has 0 aromatic heterocycles. The molecule has 3 aromatic carbocycles. The zero-order valence-electron chi connectivity index (χ0n) is 15.2. The summed E-state index contributed by atoms with van der Waals surface area (Å²) in [6.07, 6.45) is 0. The molecule has 7 heteroatoms. The van der Waals surface area contributed by atoms with Crippen molar-refractivity contribution in [3.63, 3.8) is 0 Å². The molecular weight excluding hydrogens is 382 g/mol. The van der Waals surface area contributed by atoms with Crippen LogP contribution in [0.25, 0.3) is 10.8 Å². The van der Waals surface area contributed by atoms with Crippen LogP contribution in [0.2, 0.25) is 0 Å². The van der Waals surface area contributed by atoms with Gasteiger partial charge in [0.15, 0.2) is 0 Å². The number of benzene rings is 3. The summed E-state index contributed by atoms with van der Waals surface area (Å²) in [5.74, 6) is -1.69. The van der Waals surface area contributed by atoms with E-state index in [0.717, 1.165) is 24.7 Å². The van der Waals surface area contributed by atoms with Crippen molar-refractivity contribution in [1.29, 1.82) is 0 Å². The molecule has 1 heterocycles. The topological polar surface area (TPSA) is 41.8 Å². The maximum Gasteiger partial charge on any atom is 0.246 e. The minimum atomic E-state index is -4.04. The van der Waals surface area contributed by atoms with Crippen molar-refractivity contribution in [2.45, 2.75) is 11.4 Å². The number of piperazine rings is 1. The normalized spacial score (nSPS) is 16.5. The quantitative estimate of drug-likeness (QED) is 0.726. The third-order valence-electron chi connectivity index (χ3n) is 5.26. The van der Waals surface area contributed by atoms with Crippen molar-refractivity contribution in [2.75, 3.05) is 26.2 Å². The first-order chi connectivity index (χ1) is 13.4. The Hall–Kier alpha value is -2.35. The maximum atomic E-state index is 14.0. The highest BCUT2D eigenvalue weighted by Crippen LogP contribution is 2.21. The van der Waals surface area contributed by atoms with Crippen molar-refractivity contribution in [3.05, 3.63) is 77.9 Å². The van der Waals surface area contributed by atoms with Crippen LogP contribution in [0.5, 0.6) is 0 Å². The van der Waals surface area contributed by atoms with Crippen molar-refractivity contribution >= 4 is 20.8 Å². The van der Waals surface area contributed by atoms with Gasteiger partial charge in [-0.1, -0.05) is 42.5 Å². The number of nitrogens with one attached hydrogen (secondary N) is 1. The van der Waals surface area contributed by atoms with Gasteiger partial charge in [-0.15, -0.1) is 0 Å². The van der Waals surface area contributed by atoms with E-state index in [1.54, 1.807) is 0 Å². The van der Waals surface area contributed by atoms with Crippen LogP contribution in [-0.2, 0) is 16.6 Å². The molecular formula is C21H21F2N2O2S+. The molecule has 0 radical (unpaired) electrons. The van der Waals surface area contributed by atoms with Crippen molar-refractivity contribution in [2.24, 2.45) is 0 Å². The van der Waals surface area contributed by atoms with E-state index in [0.29, 0.717) is 13.1 Å². The van der Waals surface area contributed by atoms with E-state index in [4.69, 9.17) is 0 Å². The molecule has 0 spiro atoms. The van der Waals surface area contributed by atoms with Gasteiger partial charge in [0.2, 0.25) is 10.0 Å². The number of halogens is 2. The second-order valence-corrected chi connectivity index (χ2v) is 8.95. The van der Waals surface area contributed by atoms with Gasteiger partial charge in [0, 0.05) is 5.56 Å². The summed E-state index contributed by atoms with van der Waals surface area (Å²) >= 11 is 0. The Morgan fingerprint density at radius 2 is 1.64 bits per heavy atom. The lowest BCUT2D eigenvalue weighted by Crippen LogP contribution is -3.13. The number of hydrogen-bond acceptors (Lipinski definition) is 2. The summed E-state index contributed by atoms with van der Waals surface area (Å²) in [5.41, 5.74) is 1.22. The summed E-state index contributed by atoms with van der Waals surface area (Å²) in [4.78, 5) is 0.674. The lowest BCUT2D eigenvalue weighted by atomic mass is 10.0. The molecule has 28 heavy (non-hydrogen) atoms. The Morgan fingerprint density at radius 1 is 0.929 bits per heavy atom. The fourth-order valence-electron chi connectivity index (χ4n) is 3.75. The first-order valence-corrected chi connectivity index (χ1v) is 10.6. The van der Waals surface area contributed by atoms with Crippen LogP contribution in [-0.4, -0.2) is 38.9 Å². The molecule has 1 saturated heterocycles. The first kappa shape index (κ1) is 19.0. The van der Waals surface area contributed by atoms with Gasteiger partial charge in [-0.3, -0.25) is 0 Å². The molecule has 0 saturated carbocycles. The number of nitrogens with zero attached hydrogens (tertiary/aromatic N) is 1. The van der Waals surface area contributed by atoms with E-state index in [-0.39, 0.29) is 13.1 Å². The van der Waals surface area contributed by atoms with E-state index in [2.05, 4.69) is 24.3 Å². The second kappa shape index (κ2) is 7.58. The molecule has 0 unspecified atom stereocenters. The molecule has 146 valence electrons. The van der Waals surface area contributed by atoms with E-state index in [9.17, 15) is 17.2 Å². The van der Waals surface area contributed by atoms with E-state index in [1.165, 1.54) is 25.5 Å². The van der Waals surface area contributed by atoms with Crippen LogP contribution >= 0.6 is 0 Å². The van der Waals surface area contributed by atoms with Gasteiger partial charge in [-0.2, -0.15) is 4.31 Å². The molecule has 1 aliphatic heterocycles. The Morgan fingerprint density at radius 3 is 2.43 bits per heavy atom. The van der Waals surface area contributed by atoms with E-state index < -0.39 is 26.6 Å². The van der Waals surface area contributed by atoms with Crippen LogP contribution in [0.15, 0.2) is 65.6 Å². The highest BCUT2D eigenvalue weighted by molar-refractivity contribution is 7.89. The second-order valence-electron chi connectivity index (χ2n) is 7.04. The van der Waals surface area contributed by atoms with Crippen molar-refractivity contribution in [3.8, 4) is 0 Å². The van der Waals surface area contributed by atoms with E-state index >= 15 is 0 Å². The molecule has 1 aliphatic rings. The van der Waals surface area contributed by atoms with Crippen molar-refractivity contribution < 1.29 is 22.1 Å². The van der Waals surface area contributed by atoms with Crippen LogP contribution in [0, 0.1) is 11.6 Å². The monoisotopic (exact) mass is 403 g/mol. The van der Waals surface area contributed by atoms with Crippen LogP contribution in [0.4, 0.5) is 8.78 Å². The predicted octanol–water partition coefficient (Wildman–Crippen LogP) is 2.21. The Bertz CT molecular complexity index is 1110. The number of fused-ring (bicyclic) bond motifs is 1. The molecule has 1 fully saturated rings. The van der Waals surface area contributed by atoms with Crippen LogP contribution in [0.1, 0.15) is 5.56 Å². The van der Waals surface area contributed by atoms with Crippen LogP contribution < -0.4 is 4.90 Å². The Kier molecular flexibility index (Phi) is 5.14. The third-order valence-corrected chi connectivity index (χ3v) is 7.17. The Labute approximate surface area is 163 Å². The largest absolute Gasteiger partial charge is 0.329 e. The molecule has 1 N–H and O–H groups in total. The smallest absolute Gasteiger partial charge is 0.246 e. The third kappa shape index (κ3) is 3.65. The maximum absolute atomic E-state index is 14.0. The Balaban J connectivity index is 1.48. The lowest BCUT2D eigenvalue weighted by Gasteiger charge is -2.31. The average Bonchev–Trinajstić information content (AvgIpc) is 2.70. The summed E-state index contributed by atoms with van der Waals surface area (Å²) in [7, 11) is -4.04. The highest BCUT2D eigenvalue weighted by atomic mass is 32.2. The van der Waals surface area contributed by atoms with Crippen molar-refractivity contribution in [1.82, 2.24) is 4.31 Å². The number of sulfonamides is 1. The predicted molar refractivity (Wildman–Crippen MR) is 103 cm³/mol. The molecule has 0 bridgehead atoms. The van der Waals surface area contributed by atoms with Gasteiger partial charge in [-0.05, 0) is 29.0 Å². The van der Waals surface area contributed by atoms with Gasteiger partial charge in [-0.25, -0.2) is 17.2 Å². The standard InChI is InChI=1S/C21H20F2N2O2S/c22-18-8-9-20(23)21(14-18)28(26,27)25-12-10-24(11-13-25)15-17-6-3-5-16-4-1-2-7-19(16)17/h1-9,14H,10-13,15H2/p+1. The summed E-state index contributed by atoms with van der Waals surface area (Å²) in [6.45, 7) is 2.57. The van der Waals surface area contributed by atoms with Gasteiger partial charge in [0.25, 0.3) is 0 Å².